The Morgan fingerprint density at radius 1 is 1.25 bits per heavy atom. The zero-order valence-electron chi connectivity index (χ0n) is 5.90. The van der Waals surface area contributed by atoms with E-state index in [4.69, 9.17) is 19.2 Å². The van der Waals surface area contributed by atoms with Crippen LogP contribution in [0.5, 0.6) is 0 Å². The van der Waals surface area contributed by atoms with Gasteiger partial charge in [-0.2, -0.15) is 0 Å². The van der Waals surface area contributed by atoms with Crippen molar-refractivity contribution in [3.8, 4) is 0 Å². The minimum absolute atomic E-state index is 0. The SMILES string of the molecule is O=P(O)(O)O.[Ba+2].[H-].[H-].[Hf].[Zr]. The molecule has 0 fully saturated rings. The van der Waals surface area contributed by atoms with Crippen LogP contribution in [-0.4, -0.2) is 63.6 Å². The smallest absolute Gasteiger partial charge is 1.00 e. The van der Waals surface area contributed by atoms with E-state index in [9.17, 15) is 0 Å². The predicted molar refractivity (Wildman–Crippen MR) is 22.2 cm³/mol. The first kappa shape index (κ1) is 22.5. The Morgan fingerprint density at radius 3 is 1.25 bits per heavy atom. The van der Waals surface area contributed by atoms with Crippen molar-refractivity contribution in [2.75, 3.05) is 0 Å². The molecule has 3 N–H and O–H groups in total. The summed E-state index contributed by atoms with van der Waals surface area (Å²) in [6.07, 6.45) is 0. The molecular weight excluding hydrogens is 502 g/mol. The number of rotatable bonds is 0. The molecule has 0 aromatic heterocycles. The van der Waals surface area contributed by atoms with E-state index in [0.717, 1.165) is 0 Å². The molecule has 4 nitrogen and oxygen atoms in total. The van der Waals surface area contributed by atoms with Crippen LogP contribution in [0.3, 0.4) is 0 Å². The fraction of sp³-hybridized carbons (Fsp3) is 0. The van der Waals surface area contributed by atoms with Crippen LogP contribution in [0.1, 0.15) is 2.85 Å². The number of hydrogen-bond donors (Lipinski definition) is 3. The Kier molecular flexibility index (Phi) is 29.4. The van der Waals surface area contributed by atoms with Gasteiger partial charge in [0, 0.05) is 52.0 Å². The molecule has 0 amide bonds. The van der Waals surface area contributed by atoms with E-state index in [2.05, 4.69) is 0 Å². The van der Waals surface area contributed by atoms with Gasteiger partial charge in [-0.1, -0.05) is 0 Å². The largest absolute Gasteiger partial charge is 2.00 e. The van der Waals surface area contributed by atoms with Crippen LogP contribution in [0.4, 0.5) is 0 Å². The summed E-state index contributed by atoms with van der Waals surface area (Å²) in [7, 11) is -4.64. The molecule has 0 spiro atoms. The summed E-state index contributed by atoms with van der Waals surface area (Å²) in [5.74, 6) is 0. The number of phosphoric acid groups is 1. The minimum Gasteiger partial charge on any atom is -1.00 e. The molecule has 0 rings (SSSR count). The summed E-state index contributed by atoms with van der Waals surface area (Å²) >= 11 is 0. The van der Waals surface area contributed by atoms with E-state index in [1.165, 1.54) is 0 Å². The Hall–Kier alpha value is 3.43. The Morgan fingerprint density at radius 2 is 1.25 bits per heavy atom. The van der Waals surface area contributed by atoms with Gasteiger partial charge in [-0.05, 0) is 0 Å². The molecule has 0 aliphatic carbocycles. The summed E-state index contributed by atoms with van der Waals surface area (Å²) in [5, 5.41) is 0. The topological polar surface area (TPSA) is 77.8 Å². The van der Waals surface area contributed by atoms with E-state index in [0.29, 0.717) is 0 Å². The summed E-state index contributed by atoms with van der Waals surface area (Å²) in [6.45, 7) is 0. The molecule has 0 saturated heterocycles. The Bertz CT molecular complexity index is 69.4. The maximum Gasteiger partial charge on any atom is 2.00 e. The zero-order valence-corrected chi connectivity index (χ0v) is 15.3. The average molecular weight is 507 g/mol. The van der Waals surface area contributed by atoms with Gasteiger partial charge < -0.3 is 17.5 Å². The van der Waals surface area contributed by atoms with Gasteiger partial charge in [0.1, 0.15) is 0 Å². The van der Waals surface area contributed by atoms with Crippen LogP contribution < -0.4 is 0 Å². The molecule has 0 heterocycles. The van der Waals surface area contributed by atoms with Gasteiger partial charge in [0.05, 0.1) is 0 Å². The van der Waals surface area contributed by atoms with Crippen molar-refractivity contribution in [3.63, 3.8) is 0 Å². The van der Waals surface area contributed by atoms with E-state index in [1.807, 2.05) is 0 Å². The van der Waals surface area contributed by atoms with Gasteiger partial charge in [0.25, 0.3) is 0 Å². The third kappa shape index (κ3) is 56.9. The first-order valence-electron chi connectivity index (χ1n) is 0.783. The third-order valence-electron chi connectivity index (χ3n) is 0. The molecule has 0 aromatic carbocycles. The monoisotopic (exact) mass is 508 g/mol. The van der Waals surface area contributed by atoms with Crippen LogP contribution >= 0.6 is 7.82 Å². The van der Waals surface area contributed by atoms with E-state index in [1.54, 1.807) is 0 Å². The summed E-state index contributed by atoms with van der Waals surface area (Å²) < 4.78 is 8.88. The van der Waals surface area contributed by atoms with Crippen molar-refractivity contribution < 1.29 is 74.1 Å². The second-order valence-corrected chi connectivity index (χ2v) is 1.54. The zero-order chi connectivity index (χ0) is 4.50. The van der Waals surface area contributed by atoms with Gasteiger partial charge >= 0.3 is 56.7 Å². The van der Waals surface area contributed by atoms with Gasteiger partial charge in [-0.15, -0.1) is 0 Å². The van der Waals surface area contributed by atoms with Crippen LogP contribution in [0.2, 0.25) is 0 Å². The van der Waals surface area contributed by atoms with Crippen molar-refractivity contribution >= 4 is 56.7 Å². The second-order valence-electron chi connectivity index (χ2n) is 0.513. The van der Waals surface area contributed by atoms with Crippen molar-refractivity contribution in [3.05, 3.63) is 0 Å². The molecule has 0 aliphatic heterocycles. The molecule has 0 unspecified atom stereocenters. The standard InChI is InChI=1S/Ba.Hf.H3O4P.Zr.2H/c;;1-5(2,3)4;;;/h;;(H3,1,2,3,4);;;/q+2;;;;2*-1. The van der Waals surface area contributed by atoms with Crippen molar-refractivity contribution in [1.29, 1.82) is 0 Å². The molecule has 0 aromatic rings. The van der Waals surface area contributed by atoms with E-state index in [-0.39, 0.29) is 104 Å². The van der Waals surface area contributed by atoms with Gasteiger partial charge in [-0.25, -0.2) is 4.57 Å². The molecule has 8 heavy (non-hydrogen) atoms. The van der Waals surface area contributed by atoms with Crippen LogP contribution in [-0.2, 0) is 56.6 Å². The molecule has 0 bridgehead atoms. The first-order valence-corrected chi connectivity index (χ1v) is 2.35. The first-order chi connectivity index (χ1) is 2.00. The maximum atomic E-state index is 8.88. The van der Waals surface area contributed by atoms with Crippen LogP contribution in [0, 0.1) is 0 Å². The number of hydrogen-bond acceptors (Lipinski definition) is 1. The molecular formula is H5BaHfO4PZr. The predicted octanol–water partition coefficient (Wildman–Crippen LogP) is -1.09. The van der Waals surface area contributed by atoms with E-state index >= 15 is 0 Å². The van der Waals surface area contributed by atoms with Crippen LogP contribution in [0.15, 0.2) is 0 Å². The third-order valence-corrected chi connectivity index (χ3v) is 0. The van der Waals surface area contributed by atoms with E-state index < -0.39 is 7.82 Å². The Balaban J connectivity index is -0.00000000800. The summed E-state index contributed by atoms with van der Waals surface area (Å²) in [4.78, 5) is 21.6. The van der Waals surface area contributed by atoms with Crippen molar-refractivity contribution in [1.82, 2.24) is 0 Å². The molecule has 0 radical (unpaired) electrons. The maximum absolute atomic E-state index is 8.88. The van der Waals surface area contributed by atoms with Crippen LogP contribution in [0.25, 0.3) is 0 Å². The molecule has 0 aliphatic rings. The fourth-order valence-electron chi connectivity index (χ4n) is 0. The summed E-state index contributed by atoms with van der Waals surface area (Å²) in [6, 6.07) is 0. The molecule has 0 atom stereocenters. The minimum atomic E-state index is -4.64. The molecule has 0 saturated carbocycles. The fourth-order valence-corrected chi connectivity index (χ4v) is 0. The van der Waals surface area contributed by atoms with Crippen molar-refractivity contribution in [2.45, 2.75) is 0 Å². The molecule has 8 heteroatoms. The molecule has 44 valence electrons. The summed E-state index contributed by atoms with van der Waals surface area (Å²) in [5.41, 5.74) is 0. The van der Waals surface area contributed by atoms with Crippen molar-refractivity contribution in [2.24, 2.45) is 0 Å². The average Bonchev–Trinajstić information content (AvgIpc) is 0.722. The Labute approximate surface area is 128 Å². The normalized spacial score (nSPS) is 7.38. The quantitative estimate of drug-likeness (QED) is 0.288. The second kappa shape index (κ2) is 10.4. The van der Waals surface area contributed by atoms with Gasteiger partial charge in [0.15, 0.2) is 0 Å². The van der Waals surface area contributed by atoms with Gasteiger partial charge in [0.2, 0.25) is 0 Å². The van der Waals surface area contributed by atoms with Gasteiger partial charge in [-0.3, -0.25) is 0 Å².